The maximum atomic E-state index is 9.38. The molecule has 0 amide bonds. The first-order valence-corrected chi connectivity index (χ1v) is 6.75. The molecule has 18 heavy (non-hydrogen) atoms. The first-order valence-electron chi connectivity index (χ1n) is 6.75. The molecule has 1 unspecified atom stereocenters. The number of para-hydroxylation sites is 1. The Morgan fingerprint density at radius 2 is 2.00 bits per heavy atom. The van der Waals surface area contributed by atoms with Crippen LogP contribution in [0.4, 0.5) is 0 Å². The van der Waals surface area contributed by atoms with Crippen molar-refractivity contribution in [3.63, 3.8) is 0 Å². The van der Waals surface area contributed by atoms with Gasteiger partial charge in [-0.1, -0.05) is 18.2 Å². The molecule has 0 radical (unpaired) electrons. The highest BCUT2D eigenvalue weighted by Gasteiger charge is 2.36. The van der Waals surface area contributed by atoms with E-state index in [0.717, 1.165) is 25.0 Å². The minimum absolute atomic E-state index is 0.106. The Kier molecular flexibility index (Phi) is 2.83. The summed E-state index contributed by atoms with van der Waals surface area (Å²) in [6.07, 6.45) is 2.61. The summed E-state index contributed by atoms with van der Waals surface area (Å²) in [6, 6.07) is 9.04. The van der Waals surface area contributed by atoms with Gasteiger partial charge >= 0.3 is 0 Å². The Labute approximate surface area is 108 Å². The molecular formula is C15H21NO2. The third kappa shape index (κ3) is 2.25. The van der Waals surface area contributed by atoms with Gasteiger partial charge in [-0.05, 0) is 32.8 Å². The van der Waals surface area contributed by atoms with Crippen LogP contribution in [0.5, 0.6) is 5.75 Å². The lowest BCUT2D eigenvalue weighted by Gasteiger charge is -2.42. The van der Waals surface area contributed by atoms with Crippen molar-refractivity contribution in [3.8, 4) is 5.75 Å². The smallest absolute Gasteiger partial charge is 0.124 e. The van der Waals surface area contributed by atoms with Crippen molar-refractivity contribution < 1.29 is 9.84 Å². The van der Waals surface area contributed by atoms with Gasteiger partial charge in [0, 0.05) is 24.1 Å². The molecular weight excluding hydrogens is 226 g/mol. The van der Waals surface area contributed by atoms with Crippen molar-refractivity contribution in [2.45, 2.75) is 56.9 Å². The van der Waals surface area contributed by atoms with Crippen LogP contribution >= 0.6 is 0 Å². The van der Waals surface area contributed by atoms with Gasteiger partial charge in [-0.2, -0.15) is 0 Å². The molecule has 1 heterocycles. The van der Waals surface area contributed by atoms with Crippen molar-refractivity contribution >= 4 is 0 Å². The lowest BCUT2D eigenvalue weighted by atomic mass is 9.85. The van der Waals surface area contributed by atoms with E-state index in [1.807, 2.05) is 12.1 Å². The summed E-state index contributed by atoms with van der Waals surface area (Å²) in [5.74, 6) is 0.992. The Bertz CT molecular complexity index is 438. The quantitative estimate of drug-likeness (QED) is 0.843. The van der Waals surface area contributed by atoms with Gasteiger partial charge in [-0.3, -0.25) is 0 Å². The first-order chi connectivity index (χ1) is 8.53. The van der Waals surface area contributed by atoms with Crippen LogP contribution in [-0.4, -0.2) is 22.9 Å². The predicted molar refractivity (Wildman–Crippen MR) is 70.7 cm³/mol. The molecule has 1 aromatic carbocycles. The van der Waals surface area contributed by atoms with Gasteiger partial charge in [0.05, 0.1) is 6.10 Å². The molecule has 3 heteroatoms. The van der Waals surface area contributed by atoms with Crippen molar-refractivity contribution in [3.05, 3.63) is 29.8 Å². The zero-order valence-corrected chi connectivity index (χ0v) is 11.0. The Morgan fingerprint density at radius 1 is 1.28 bits per heavy atom. The summed E-state index contributed by atoms with van der Waals surface area (Å²) in [7, 11) is 0. The molecule has 1 aliphatic carbocycles. The Morgan fingerprint density at radius 3 is 2.72 bits per heavy atom. The molecule has 1 saturated carbocycles. The van der Waals surface area contributed by atoms with Crippen LogP contribution in [0.1, 0.15) is 44.7 Å². The maximum Gasteiger partial charge on any atom is 0.124 e. The summed E-state index contributed by atoms with van der Waals surface area (Å²) in [5.41, 5.74) is 1.12. The van der Waals surface area contributed by atoms with Crippen molar-refractivity contribution in [2.75, 3.05) is 0 Å². The number of ether oxygens (including phenoxy) is 1. The summed E-state index contributed by atoms with van der Waals surface area (Å²) >= 11 is 0. The predicted octanol–water partition coefficient (Wildman–Crippen LogP) is 2.40. The molecule has 2 N–H and O–H groups in total. The van der Waals surface area contributed by atoms with E-state index < -0.39 is 0 Å². The molecule has 98 valence electrons. The second-order valence-electron chi connectivity index (χ2n) is 6.15. The maximum absolute atomic E-state index is 9.38. The first kappa shape index (κ1) is 12.0. The van der Waals surface area contributed by atoms with Gasteiger partial charge in [0.2, 0.25) is 0 Å². The number of hydrogen-bond acceptors (Lipinski definition) is 3. The van der Waals surface area contributed by atoms with Crippen LogP contribution < -0.4 is 10.1 Å². The summed E-state index contributed by atoms with van der Waals surface area (Å²) in [6.45, 7) is 4.26. The zero-order valence-electron chi connectivity index (χ0n) is 11.0. The van der Waals surface area contributed by atoms with Gasteiger partial charge in [0.25, 0.3) is 0 Å². The normalized spacial score (nSPS) is 33.2. The SMILES string of the molecule is CC1(C)CC(NC2CC(O)C2)c2ccccc2O1. The number of hydrogen-bond donors (Lipinski definition) is 2. The number of aliphatic hydroxyl groups is 1. The van der Waals surface area contributed by atoms with Gasteiger partial charge in [-0.15, -0.1) is 0 Å². The third-order valence-corrected chi connectivity index (χ3v) is 3.93. The van der Waals surface area contributed by atoms with E-state index in [4.69, 9.17) is 4.74 Å². The number of rotatable bonds is 2. The average molecular weight is 247 g/mol. The molecule has 0 aromatic heterocycles. The lowest BCUT2D eigenvalue weighted by Crippen LogP contribution is -2.48. The van der Waals surface area contributed by atoms with Gasteiger partial charge in [0.15, 0.2) is 0 Å². The third-order valence-electron chi connectivity index (χ3n) is 3.93. The molecule has 1 fully saturated rings. The van der Waals surface area contributed by atoms with E-state index in [1.54, 1.807) is 0 Å². The molecule has 0 spiro atoms. The molecule has 0 bridgehead atoms. The van der Waals surface area contributed by atoms with Crippen LogP contribution in [0.25, 0.3) is 0 Å². The van der Waals surface area contributed by atoms with Crippen LogP contribution in [0.3, 0.4) is 0 Å². The fourth-order valence-corrected chi connectivity index (χ4v) is 2.96. The largest absolute Gasteiger partial charge is 0.487 e. The van der Waals surface area contributed by atoms with E-state index in [1.165, 1.54) is 5.56 Å². The van der Waals surface area contributed by atoms with Gasteiger partial charge in [0.1, 0.15) is 11.4 Å². The van der Waals surface area contributed by atoms with E-state index in [2.05, 4.69) is 31.3 Å². The Balaban J connectivity index is 1.80. The van der Waals surface area contributed by atoms with Crippen LogP contribution in [0, 0.1) is 0 Å². The lowest BCUT2D eigenvalue weighted by molar-refractivity contribution is 0.0341. The molecule has 2 aliphatic rings. The highest BCUT2D eigenvalue weighted by Crippen LogP contribution is 2.40. The van der Waals surface area contributed by atoms with Crippen molar-refractivity contribution in [1.82, 2.24) is 5.32 Å². The second kappa shape index (κ2) is 4.25. The highest BCUT2D eigenvalue weighted by molar-refractivity contribution is 5.38. The molecule has 0 saturated heterocycles. The van der Waals surface area contributed by atoms with E-state index in [0.29, 0.717) is 12.1 Å². The van der Waals surface area contributed by atoms with Crippen LogP contribution in [0.2, 0.25) is 0 Å². The van der Waals surface area contributed by atoms with E-state index in [-0.39, 0.29) is 11.7 Å². The van der Waals surface area contributed by atoms with E-state index >= 15 is 0 Å². The molecule has 1 aliphatic heterocycles. The minimum atomic E-state index is -0.131. The fourth-order valence-electron chi connectivity index (χ4n) is 2.96. The molecule has 1 aromatic rings. The zero-order chi connectivity index (χ0) is 12.8. The Hall–Kier alpha value is -1.06. The molecule has 3 rings (SSSR count). The van der Waals surface area contributed by atoms with Crippen molar-refractivity contribution in [1.29, 1.82) is 0 Å². The number of benzene rings is 1. The second-order valence-corrected chi connectivity index (χ2v) is 6.15. The molecule has 3 nitrogen and oxygen atoms in total. The van der Waals surface area contributed by atoms with Crippen molar-refractivity contribution in [2.24, 2.45) is 0 Å². The highest BCUT2D eigenvalue weighted by atomic mass is 16.5. The van der Waals surface area contributed by atoms with Gasteiger partial charge in [-0.25, -0.2) is 0 Å². The van der Waals surface area contributed by atoms with E-state index in [9.17, 15) is 5.11 Å². The topological polar surface area (TPSA) is 41.5 Å². The fraction of sp³-hybridized carbons (Fsp3) is 0.600. The van der Waals surface area contributed by atoms with Gasteiger partial charge < -0.3 is 15.2 Å². The summed E-state index contributed by atoms with van der Waals surface area (Å²) in [4.78, 5) is 0. The summed E-state index contributed by atoms with van der Waals surface area (Å²) in [5, 5.41) is 13.0. The minimum Gasteiger partial charge on any atom is -0.487 e. The monoisotopic (exact) mass is 247 g/mol. The van der Waals surface area contributed by atoms with Crippen LogP contribution in [0.15, 0.2) is 24.3 Å². The summed E-state index contributed by atoms with van der Waals surface area (Å²) < 4.78 is 6.01. The number of fused-ring (bicyclic) bond motifs is 1. The average Bonchev–Trinajstić information content (AvgIpc) is 2.25. The number of nitrogens with one attached hydrogen (secondary N) is 1. The standard InChI is InChI=1S/C15H21NO2/c1-15(2)9-13(16-10-7-11(17)8-10)12-5-3-4-6-14(12)18-15/h3-6,10-11,13,16-17H,7-9H2,1-2H3. The van der Waals surface area contributed by atoms with Crippen LogP contribution in [-0.2, 0) is 0 Å². The number of aliphatic hydroxyl groups excluding tert-OH is 1. The molecule has 1 atom stereocenters.